The van der Waals surface area contributed by atoms with Gasteiger partial charge in [0.05, 0.1) is 15.6 Å². The van der Waals surface area contributed by atoms with Crippen LogP contribution in [0, 0.1) is 0 Å². The van der Waals surface area contributed by atoms with Gasteiger partial charge in [-0.15, -0.1) is 0 Å². The lowest BCUT2D eigenvalue weighted by molar-refractivity contribution is 0.0696. The molecule has 0 heterocycles. The van der Waals surface area contributed by atoms with Crippen molar-refractivity contribution in [2.75, 3.05) is 0 Å². The molecule has 0 unspecified atom stereocenters. The second kappa shape index (κ2) is 5.75. The zero-order valence-electron chi connectivity index (χ0n) is 10.0. The summed E-state index contributed by atoms with van der Waals surface area (Å²) in [5, 5.41) is 18.0. The van der Waals surface area contributed by atoms with Crippen LogP contribution >= 0.6 is 15.9 Å². The summed E-state index contributed by atoms with van der Waals surface area (Å²) < 4.78 is 6.20. The molecule has 0 bridgehead atoms. The van der Waals surface area contributed by atoms with Gasteiger partial charge in [0.1, 0.15) is 11.5 Å². The van der Waals surface area contributed by atoms with E-state index in [1.54, 1.807) is 24.3 Å². The van der Waals surface area contributed by atoms with E-state index in [9.17, 15) is 9.59 Å². The Morgan fingerprint density at radius 1 is 0.950 bits per heavy atom. The van der Waals surface area contributed by atoms with Crippen LogP contribution in [0.3, 0.4) is 0 Å². The van der Waals surface area contributed by atoms with Gasteiger partial charge in [0.15, 0.2) is 0 Å². The standard InChI is InChI=1S/C14H9BrO5/c15-11-3-1-2-4-12(11)20-10-6-8(13(16)17)5-9(7-10)14(18)19/h1-7H,(H,16,17)(H,18,19). The molecule has 0 saturated carbocycles. The van der Waals surface area contributed by atoms with Crippen LogP contribution in [0.15, 0.2) is 46.9 Å². The van der Waals surface area contributed by atoms with E-state index < -0.39 is 11.9 Å². The number of carboxylic acid groups (broad SMARTS) is 2. The number of aromatic carboxylic acids is 2. The van der Waals surface area contributed by atoms with Crippen molar-refractivity contribution < 1.29 is 24.5 Å². The maximum absolute atomic E-state index is 11.0. The van der Waals surface area contributed by atoms with Gasteiger partial charge in [-0.05, 0) is 46.3 Å². The van der Waals surface area contributed by atoms with Crippen molar-refractivity contribution in [3.8, 4) is 11.5 Å². The fourth-order valence-electron chi connectivity index (χ4n) is 1.56. The number of ether oxygens (including phenoxy) is 1. The number of para-hydroxylation sites is 1. The highest BCUT2D eigenvalue weighted by atomic mass is 79.9. The Kier molecular flexibility index (Phi) is 4.05. The first-order valence-corrected chi connectivity index (χ1v) is 6.31. The molecule has 0 amide bonds. The van der Waals surface area contributed by atoms with E-state index in [0.29, 0.717) is 10.2 Å². The van der Waals surface area contributed by atoms with Crippen LogP contribution in [0.5, 0.6) is 11.5 Å². The summed E-state index contributed by atoms with van der Waals surface area (Å²) in [6, 6.07) is 10.6. The summed E-state index contributed by atoms with van der Waals surface area (Å²) in [4.78, 5) is 22.0. The van der Waals surface area contributed by atoms with Gasteiger partial charge in [-0.25, -0.2) is 9.59 Å². The van der Waals surface area contributed by atoms with Crippen molar-refractivity contribution in [1.82, 2.24) is 0 Å². The van der Waals surface area contributed by atoms with E-state index in [1.807, 2.05) is 0 Å². The third kappa shape index (κ3) is 3.16. The number of halogens is 1. The Hall–Kier alpha value is -2.34. The number of benzene rings is 2. The highest BCUT2D eigenvalue weighted by Crippen LogP contribution is 2.30. The minimum absolute atomic E-state index is 0.146. The molecular weight excluding hydrogens is 328 g/mol. The van der Waals surface area contributed by atoms with Gasteiger partial charge in [-0.2, -0.15) is 0 Å². The molecule has 6 heteroatoms. The molecule has 102 valence electrons. The minimum atomic E-state index is -1.22. The summed E-state index contributed by atoms with van der Waals surface area (Å²) in [6.45, 7) is 0. The van der Waals surface area contributed by atoms with Gasteiger partial charge in [-0.1, -0.05) is 12.1 Å². The number of rotatable bonds is 4. The second-order valence-corrected chi connectivity index (χ2v) is 4.74. The molecule has 0 aliphatic rings. The van der Waals surface area contributed by atoms with Gasteiger partial charge >= 0.3 is 11.9 Å². The Morgan fingerprint density at radius 2 is 1.50 bits per heavy atom. The molecule has 0 fully saturated rings. The molecule has 0 aliphatic heterocycles. The minimum Gasteiger partial charge on any atom is -0.478 e. The summed E-state index contributed by atoms with van der Waals surface area (Å²) in [6.07, 6.45) is 0. The maximum atomic E-state index is 11.0. The third-order valence-corrected chi connectivity index (χ3v) is 3.12. The lowest BCUT2D eigenvalue weighted by atomic mass is 10.1. The molecule has 0 aromatic heterocycles. The quantitative estimate of drug-likeness (QED) is 0.890. The zero-order valence-corrected chi connectivity index (χ0v) is 11.6. The van der Waals surface area contributed by atoms with Crippen LogP contribution in [-0.2, 0) is 0 Å². The molecule has 0 radical (unpaired) electrons. The van der Waals surface area contributed by atoms with Crippen LogP contribution in [-0.4, -0.2) is 22.2 Å². The Morgan fingerprint density at radius 3 is 2.00 bits per heavy atom. The van der Waals surface area contributed by atoms with E-state index in [4.69, 9.17) is 14.9 Å². The lowest BCUT2D eigenvalue weighted by Crippen LogP contribution is -2.03. The summed E-state index contributed by atoms with van der Waals surface area (Å²) in [7, 11) is 0. The van der Waals surface area contributed by atoms with Crippen LogP contribution in [0.4, 0.5) is 0 Å². The van der Waals surface area contributed by atoms with E-state index >= 15 is 0 Å². The van der Waals surface area contributed by atoms with Gasteiger partial charge in [0.25, 0.3) is 0 Å². The monoisotopic (exact) mass is 336 g/mol. The number of carboxylic acids is 2. The molecule has 20 heavy (non-hydrogen) atoms. The largest absolute Gasteiger partial charge is 0.478 e. The van der Waals surface area contributed by atoms with Crippen LogP contribution in [0.25, 0.3) is 0 Å². The normalized spacial score (nSPS) is 10.1. The van der Waals surface area contributed by atoms with Gasteiger partial charge < -0.3 is 14.9 Å². The van der Waals surface area contributed by atoms with Crippen molar-refractivity contribution in [2.24, 2.45) is 0 Å². The van der Waals surface area contributed by atoms with Gasteiger partial charge in [0, 0.05) is 0 Å². The molecule has 0 saturated heterocycles. The second-order valence-electron chi connectivity index (χ2n) is 3.89. The smallest absolute Gasteiger partial charge is 0.335 e. The average Bonchev–Trinajstić information content (AvgIpc) is 2.41. The van der Waals surface area contributed by atoms with Crippen molar-refractivity contribution in [1.29, 1.82) is 0 Å². The first-order chi connectivity index (χ1) is 9.47. The summed E-state index contributed by atoms with van der Waals surface area (Å²) >= 11 is 3.29. The highest BCUT2D eigenvalue weighted by Gasteiger charge is 2.13. The molecular formula is C14H9BrO5. The van der Waals surface area contributed by atoms with Crippen molar-refractivity contribution >= 4 is 27.9 Å². The molecule has 0 atom stereocenters. The van der Waals surface area contributed by atoms with Crippen LogP contribution < -0.4 is 4.74 Å². The highest BCUT2D eigenvalue weighted by molar-refractivity contribution is 9.10. The molecule has 2 aromatic rings. The van der Waals surface area contributed by atoms with E-state index in [-0.39, 0.29) is 16.9 Å². The fourth-order valence-corrected chi connectivity index (χ4v) is 1.93. The molecule has 0 spiro atoms. The van der Waals surface area contributed by atoms with Crippen LogP contribution in [0.2, 0.25) is 0 Å². The Bertz CT molecular complexity index is 649. The van der Waals surface area contributed by atoms with Crippen molar-refractivity contribution in [2.45, 2.75) is 0 Å². The fraction of sp³-hybridized carbons (Fsp3) is 0. The predicted octanol–water partition coefficient (Wildman–Crippen LogP) is 3.64. The third-order valence-electron chi connectivity index (χ3n) is 2.46. The van der Waals surface area contributed by atoms with Crippen molar-refractivity contribution in [3.05, 3.63) is 58.1 Å². The maximum Gasteiger partial charge on any atom is 0.335 e. The Labute approximate surface area is 122 Å². The van der Waals surface area contributed by atoms with Crippen LogP contribution in [0.1, 0.15) is 20.7 Å². The van der Waals surface area contributed by atoms with E-state index in [1.165, 1.54) is 12.1 Å². The summed E-state index contributed by atoms with van der Waals surface area (Å²) in [5.41, 5.74) is -0.293. The topological polar surface area (TPSA) is 83.8 Å². The molecule has 5 nitrogen and oxygen atoms in total. The number of hydrogen-bond donors (Lipinski definition) is 2. The summed E-state index contributed by atoms with van der Waals surface area (Å²) in [5.74, 6) is -1.82. The van der Waals surface area contributed by atoms with Gasteiger partial charge in [-0.3, -0.25) is 0 Å². The average molecular weight is 337 g/mol. The molecule has 0 aliphatic carbocycles. The first kappa shape index (κ1) is 14.1. The molecule has 2 rings (SSSR count). The SMILES string of the molecule is O=C(O)c1cc(Oc2ccccc2Br)cc(C(=O)O)c1. The molecule has 2 N–H and O–H groups in total. The molecule has 2 aromatic carbocycles. The predicted molar refractivity (Wildman–Crippen MR) is 74.6 cm³/mol. The lowest BCUT2D eigenvalue weighted by Gasteiger charge is -2.09. The van der Waals surface area contributed by atoms with Gasteiger partial charge in [0.2, 0.25) is 0 Å². The zero-order chi connectivity index (χ0) is 14.7. The number of carbonyl (C=O) groups is 2. The van der Waals surface area contributed by atoms with E-state index in [2.05, 4.69) is 15.9 Å². The van der Waals surface area contributed by atoms with E-state index in [0.717, 1.165) is 6.07 Å². The number of hydrogen-bond acceptors (Lipinski definition) is 3. The first-order valence-electron chi connectivity index (χ1n) is 5.51. The van der Waals surface area contributed by atoms with Crippen molar-refractivity contribution in [3.63, 3.8) is 0 Å². The Balaban J connectivity index is 2.43.